The largest absolute Gasteiger partial charge is 0.573 e. The maximum atomic E-state index is 12.2. The summed E-state index contributed by atoms with van der Waals surface area (Å²) in [6.45, 7) is 0.0164. The van der Waals surface area contributed by atoms with Crippen molar-refractivity contribution in [2.75, 3.05) is 18.0 Å². The van der Waals surface area contributed by atoms with Gasteiger partial charge in [-0.05, 0) is 42.7 Å². The molecular weight excluding hydrogens is 381 g/mol. The van der Waals surface area contributed by atoms with E-state index >= 15 is 0 Å². The van der Waals surface area contributed by atoms with Crippen LogP contribution < -0.4 is 9.64 Å². The minimum Gasteiger partial charge on any atom is -0.480 e. The maximum Gasteiger partial charge on any atom is 0.573 e. The van der Waals surface area contributed by atoms with Crippen LogP contribution in [0.15, 0.2) is 48.5 Å². The second-order valence-corrected chi connectivity index (χ2v) is 5.88. The third-order valence-corrected chi connectivity index (χ3v) is 3.80. The first-order valence-corrected chi connectivity index (χ1v) is 8.20. The number of non-ortho nitro benzene ring substituents is 1. The summed E-state index contributed by atoms with van der Waals surface area (Å²) in [4.78, 5) is 22.8. The van der Waals surface area contributed by atoms with Crippen molar-refractivity contribution in [3.8, 4) is 5.75 Å². The number of hydrogen-bond donors (Lipinski definition) is 1. The summed E-state index contributed by atoms with van der Waals surface area (Å²) >= 11 is 0. The molecule has 0 aliphatic heterocycles. The third kappa shape index (κ3) is 6.78. The number of aliphatic carboxylic acids is 1. The van der Waals surface area contributed by atoms with Crippen molar-refractivity contribution >= 4 is 17.3 Å². The second-order valence-electron chi connectivity index (χ2n) is 5.88. The van der Waals surface area contributed by atoms with Crippen molar-refractivity contribution in [1.82, 2.24) is 0 Å². The van der Waals surface area contributed by atoms with Gasteiger partial charge in [0.05, 0.1) is 4.92 Å². The second kappa shape index (κ2) is 9.07. The number of nitro benzene ring substituents is 1. The van der Waals surface area contributed by atoms with E-state index in [9.17, 15) is 28.1 Å². The summed E-state index contributed by atoms with van der Waals surface area (Å²) < 4.78 is 40.5. The Kier molecular flexibility index (Phi) is 6.80. The molecule has 0 bridgehead atoms. The first-order valence-electron chi connectivity index (χ1n) is 8.20. The fourth-order valence-electron chi connectivity index (χ4n) is 2.58. The molecule has 28 heavy (non-hydrogen) atoms. The van der Waals surface area contributed by atoms with Gasteiger partial charge in [0.1, 0.15) is 12.3 Å². The lowest BCUT2D eigenvalue weighted by Gasteiger charge is -2.23. The summed E-state index contributed by atoms with van der Waals surface area (Å²) in [5.74, 6) is -1.47. The molecule has 0 aliphatic rings. The Bertz CT molecular complexity index is 807. The van der Waals surface area contributed by atoms with Gasteiger partial charge >= 0.3 is 12.3 Å². The lowest BCUT2D eigenvalue weighted by Crippen LogP contribution is -2.30. The predicted molar refractivity (Wildman–Crippen MR) is 94.4 cm³/mol. The van der Waals surface area contributed by atoms with Gasteiger partial charge < -0.3 is 14.7 Å². The van der Waals surface area contributed by atoms with Gasteiger partial charge in [-0.15, -0.1) is 13.2 Å². The first kappa shape index (κ1) is 21.0. The third-order valence-electron chi connectivity index (χ3n) is 3.80. The minimum atomic E-state index is -4.80. The van der Waals surface area contributed by atoms with Crippen molar-refractivity contribution < 1.29 is 32.7 Å². The van der Waals surface area contributed by atoms with E-state index in [1.54, 1.807) is 12.1 Å². The molecule has 0 atom stereocenters. The van der Waals surface area contributed by atoms with Crippen LogP contribution in [0, 0.1) is 10.1 Å². The van der Waals surface area contributed by atoms with E-state index in [4.69, 9.17) is 5.11 Å². The number of benzene rings is 2. The Morgan fingerprint density at radius 3 is 2.21 bits per heavy atom. The molecule has 0 heterocycles. The number of carboxylic acids is 1. The van der Waals surface area contributed by atoms with Gasteiger partial charge in [0.25, 0.3) is 5.69 Å². The topological polar surface area (TPSA) is 92.9 Å². The molecule has 0 saturated carbocycles. The summed E-state index contributed by atoms with van der Waals surface area (Å²) in [5.41, 5.74) is 1.29. The highest BCUT2D eigenvalue weighted by Crippen LogP contribution is 2.25. The molecule has 0 spiro atoms. The average Bonchev–Trinajstić information content (AvgIpc) is 2.60. The first-order chi connectivity index (χ1) is 13.1. The monoisotopic (exact) mass is 398 g/mol. The van der Waals surface area contributed by atoms with Crippen LogP contribution >= 0.6 is 0 Å². The zero-order chi connectivity index (χ0) is 20.7. The zero-order valence-corrected chi connectivity index (χ0v) is 14.6. The molecule has 0 aromatic heterocycles. The fraction of sp³-hybridized carbons (Fsp3) is 0.278. The Hall–Kier alpha value is -3.30. The highest BCUT2D eigenvalue weighted by atomic mass is 19.4. The lowest BCUT2D eigenvalue weighted by molar-refractivity contribution is -0.384. The van der Waals surface area contributed by atoms with E-state index in [-0.39, 0.29) is 12.2 Å². The standard InChI is InChI=1S/C18H17F3N2O5/c19-18(20,21)28-16-9-7-14(8-10-16)22(12-17(24)25)11-1-2-13-3-5-15(6-4-13)23(26)27/h3-10H,1-2,11-12H2,(H,24,25). The molecule has 10 heteroatoms. The molecule has 2 aromatic rings. The van der Waals surface area contributed by atoms with Crippen LogP contribution in [0.3, 0.4) is 0 Å². The quantitative estimate of drug-likeness (QED) is 0.507. The SMILES string of the molecule is O=C(O)CN(CCCc1ccc([N+](=O)[O-])cc1)c1ccc(OC(F)(F)F)cc1. The zero-order valence-electron chi connectivity index (χ0n) is 14.6. The van der Waals surface area contributed by atoms with Gasteiger partial charge in [-0.1, -0.05) is 12.1 Å². The van der Waals surface area contributed by atoms with Crippen molar-refractivity contribution in [2.24, 2.45) is 0 Å². The van der Waals surface area contributed by atoms with Crippen LogP contribution in [0.1, 0.15) is 12.0 Å². The van der Waals surface area contributed by atoms with E-state index < -0.39 is 23.0 Å². The molecule has 0 saturated heterocycles. The van der Waals surface area contributed by atoms with Gasteiger partial charge in [0.2, 0.25) is 0 Å². The van der Waals surface area contributed by atoms with Crippen molar-refractivity contribution in [2.45, 2.75) is 19.2 Å². The molecule has 0 aliphatic carbocycles. The van der Waals surface area contributed by atoms with Gasteiger partial charge in [-0.3, -0.25) is 14.9 Å². The van der Waals surface area contributed by atoms with E-state index in [1.807, 2.05) is 0 Å². The molecule has 2 rings (SSSR count). The van der Waals surface area contributed by atoms with Gasteiger partial charge in [-0.25, -0.2) is 0 Å². The number of carboxylic acid groups (broad SMARTS) is 1. The van der Waals surface area contributed by atoms with Gasteiger partial charge in [0.15, 0.2) is 0 Å². The van der Waals surface area contributed by atoms with Crippen LogP contribution in [0.4, 0.5) is 24.5 Å². The van der Waals surface area contributed by atoms with Crippen LogP contribution in [0.5, 0.6) is 5.75 Å². The number of rotatable bonds is 9. The highest BCUT2D eigenvalue weighted by Gasteiger charge is 2.31. The lowest BCUT2D eigenvalue weighted by atomic mass is 10.1. The molecule has 0 amide bonds. The number of ether oxygens (including phenoxy) is 1. The van der Waals surface area contributed by atoms with Crippen LogP contribution in [-0.4, -0.2) is 35.5 Å². The molecule has 7 nitrogen and oxygen atoms in total. The average molecular weight is 398 g/mol. The molecule has 2 aromatic carbocycles. The predicted octanol–water partition coefficient (Wildman–Crippen LogP) is 4.02. The molecule has 0 fully saturated rings. The fourth-order valence-corrected chi connectivity index (χ4v) is 2.58. The van der Waals surface area contributed by atoms with Crippen LogP contribution in [0.2, 0.25) is 0 Å². The summed E-state index contributed by atoms with van der Waals surface area (Å²) in [6.07, 6.45) is -3.69. The summed E-state index contributed by atoms with van der Waals surface area (Å²) in [5, 5.41) is 19.7. The van der Waals surface area contributed by atoms with E-state index in [0.717, 1.165) is 17.7 Å². The van der Waals surface area contributed by atoms with Crippen LogP contribution in [0.25, 0.3) is 0 Å². The minimum absolute atomic E-state index is 0.0163. The Morgan fingerprint density at radius 2 is 1.71 bits per heavy atom. The normalized spacial score (nSPS) is 11.1. The number of nitro groups is 1. The smallest absolute Gasteiger partial charge is 0.480 e. The number of aryl methyl sites for hydroxylation is 1. The van der Waals surface area contributed by atoms with E-state index in [1.165, 1.54) is 29.2 Å². The van der Waals surface area contributed by atoms with Crippen LogP contribution in [-0.2, 0) is 11.2 Å². The maximum absolute atomic E-state index is 12.2. The van der Waals surface area contributed by atoms with Crippen molar-refractivity contribution in [3.63, 3.8) is 0 Å². The number of nitrogens with zero attached hydrogens (tertiary/aromatic N) is 2. The van der Waals surface area contributed by atoms with Gasteiger partial charge in [0, 0.05) is 24.4 Å². The molecule has 1 N–H and O–H groups in total. The summed E-state index contributed by atoms with van der Waals surface area (Å²) in [7, 11) is 0. The highest BCUT2D eigenvalue weighted by molar-refractivity contribution is 5.73. The summed E-state index contributed by atoms with van der Waals surface area (Å²) in [6, 6.07) is 11.0. The molecule has 150 valence electrons. The van der Waals surface area contributed by atoms with Gasteiger partial charge in [-0.2, -0.15) is 0 Å². The Balaban J connectivity index is 1.99. The number of hydrogen-bond acceptors (Lipinski definition) is 5. The number of carbonyl (C=O) groups is 1. The van der Waals surface area contributed by atoms with Crippen molar-refractivity contribution in [1.29, 1.82) is 0 Å². The van der Waals surface area contributed by atoms with E-state index in [0.29, 0.717) is 25.1 Å². The number of halogens is 3. The Labute approximate surface area is 158 Å². The molecule has 0 radical (unpaired) electrons. The number of alkyl halides is 3. The van der Waals surface area contributed by atoms with E-state index in [2.05, 4.69) is 4.74 Å². The molecular formula is C18H17F3N2O5. The number of anilines is 1. The molecule has 0 unspecified atom stereocenters. The Morgan fingerprint density at radius 1 is 1.11 bits per heavy atom. The van der Waals surface area contributed by atoms with Crippen molar-refractivity contribution in [3.05, 3.63) is 64.2 Å².